The zero-order valence-electron chi connectivity index (χ0n) is 14.9. The number of carbonyl (C=O) groups excluding carboxylic acids is 2. The van der Waals surface area contributed by atoms with E-state index in [9.17, 15) is 9.59 Å². The number of benzene rings is 1. The first kappa shape index (κ1) is 21.9. The van der Waals surface area contributed by atoms with Crippen LogP contribution >= 0.6 is 23.7 Å². The van der Waals surface area contributed by atoms with Crippen LogP contribution < -0.4 is 15.8 Å². The molecule has 1 aromatic carbocycles. The Bertz CT molecular complexity index is 764. The second-order valence-corrected chi connectivity index (χ2v) is 6.41. The molecule has 0 fully saturated rings. The second kappa shape index (κ2) is 10.1. The Balaban J connectivity index is 0.00000338. The maximum absolute atomic E-state index is 12.4. The fourth-order valence-electron chi connectivity index (χ4n) is 2.13. The molecule has 0 aliphatic rings. The normalized spacial score (nSPS) is 10.0. The summed E-state index contributed by atoms with van der Waals surface area (Å²) in [6.45, 7) is 2.75. The summed E-state index contributed by atoms with van der Waals surface area (Å²) in [4.78, 5) is 30.2. The average molecular weight is 399 g/mol. The van der Waals surface area contributed by atoms with E-state index in [2.05, 4.69) is 10.3 Å². The molecule has 0 bridgehead atoms. The number of halogens is 1. The highest BCUT2D eigenvalue weighted by Gasteiger charge is 2.16. The summed E-state index contributed by atoms with van der Waals surface area (Å²) in [6, 6.07) is 4.94. The first-order valence-electron chi connectivity index (χ1n) is 7.90. The quantitative estimate of drug-likeness (QED) is 0.746. The zero-order chi connectivity index (χ0) is 18.4. The van der Waals surface area contributed by atoms with Crippen LogP contribution in [0.4, 0.5) is 5.69 Å². The van der Waals surface area contributed by atoms with Gasteiger partial charge in [-0.3, -0.25) is 9.59 Å². The van der Waals surface area contributed by atoms with Crippen molar-refractivity contribution < 1.29 is 14.3 Å². The highest BCUT2D eigenvalue weighted by atomic mass is 35.5. The van der Waals surface area contributed by atoms with Crippen LogP contribution in [0.25, 0.3) is 0 Å². The number of amides is 2. The van der Waals surface area contributed by atoms with Crippen LogP contribution in [-0.2, 0) is 6.42 Å². The van der Waals surface area contributed by atoms with Crippen molar-refractivity contribution in [2.75, 3.05) is 32.6 Å². The van der Waals surface area contributed by atoms with Gasteiger partial charge in [-0.05, 0) is 31.7 Å². The Morgan fingerprint density at radius 2 is 2.08 bits per heavy atom. The fraction of sp³-hybridized carbons (Fsp3) is 0.353. The van der Waals surface area contributed by atoms with E-state index in [0.717, 1.165) is 5.01 Å². The van der Waals surface area contributed by atoms with Crippen molar-refractivity contribution in [1.82, 2.24) is 9.88 Å². The Hall–Kier alpha value is -2.16. The maximum Gasteiger partial charge on any atom is 0.275 e. The van der Waals surface area contributed by atoms with E-state index < -0.39 is 0 Å². The SMILES string of the molecule is CCOc1cc(C(=O)N(C)C)ccc1NC(=O)c1csc(CCN)n1.Cl. The number of anilines is 1. The van der Waals surface area contributed by atoms with E-state index in [1.54, 1.807) is 37.7 Å². The number of hydrogen-bond donors (Lipinski definition) is 2. The molecule has 3 N–H and O–H groups in total. The Morgan fingerprint density at radius 3 is 2.69 bits per heavy atom. The number of nitrogens with one attached hydrogen (secondary N) is 1. The first-order valence-corrected chi connectivity index (χ1v) is 8.78. The number of aromatic nitrogens is 1. The number of thiazole rings is 1. The zero-order valence-corrected chi connectivity index (χ0v) is 16.6. The summed E-state index contributed by atoms with van der Waals surface area (Å²) >= 11 is 1.40. The van der Waals surface area contributed by atoms with Crippen LogP contribution in [0.5, 0.6) is 5.75 Å². The highest BCUT2D eigenvalue weighted by molar-refractivity contribution is 7.09. The van der Waals surface area contributed by atoms with Crippen molar-refractivity contribution in [1.29, 1.82) is 0 Å². The van der Waals surface area contributed by atoms with Gasteiger partial charge in [-0.1, -0.05) is 0 Å². The molecular weight excluding hydrogens is 376 g/mol. The lowest BCUT2D eigenvalue weighted by Gasteiger charge is -2.15. The molecule has 0 spiro atoms. The van der Waals surface area contributed by atoms with Gasteiger partial charge in [0.1, 0.15) is 11.4 Å². The molecule has 0 atom stereocenters. The highest BCUT2D eigenvalue weighted by Crippen LogP contribution is 2.27. The molecule has 0 aliphatic heterocycles. The van der Waals surface area contributed by atoms with E-state index in [-0.39, 0.29) is 24.2 Å². The van der Waals surface area contributed by atoms with Gasteiger partial charge < -0.3 is 20.7 Å². The summed E-state index contributed by atoms with van der Waals surface area (Å²) in [5, 5.41) is 5.31. The summed E-state index contributed by atoms with van der Waals surface area (Å²) < 4.78 is 5.57. The molecule has 26 heavy (non-hydrogen) atoms. The number of nitrogens with two attached hydrogens (primary N) is 1. The Morgan fingerprint density at radius 1 is 1.35 bits per heavy atom. The molecule has 1 heterocycles. The van der Waals surface area contributed by atoms with Crippen molar-refractivity contribution >= 4 is 41.2 Å². The lowest BCUT2D eigenvalue weighted by Crippen LogP contribution is -2.22. The maximum atomic E-state index is 12.4. The molecule has 1 aromatic heterocycles. The van der Waals surface area contributed by atoms with Gasteiger partial charge in [0.15, 0.2) is 0 Å². The monoisotopic (exact) mass is 398 g/mol. The third kappa shape index (κ3) is 5.42. The predicted molar refractivity (Wildman–Crippen MR) is 106 cm³/mol. The number of nitrogens with zero attached hydrogens (tertiary/aromatic N) is 2. The fourth-order valence-corrected chi connectivity index (χ4v) is 2.93. The molecule has 0 aliphatic carbocycles. The molecule has 0 radical (unpaired) electrons. The van der Waals surface area contributed by atoms with Crippen molar-refractivity contribution in [2.45, 2.75) is 13.3 Å². The van der Waals surface area contributed by atoms with Gasteiger partial charge in [0.05, 0.1) is 17.3 Å². The molecule has 2 rings (SSSR count). The molecule has 2 aromatic rings. The summed E-state index contributed by atoms with van der Waals surface area (Å²) in [5.74, 6) is -0.0159. The molecule has 2 amide bonds. The van der Waals surface area contributed by atoms with Gasteiger partial charge in [-0.15, -0.1) is 23.7 Å². The van der Waals surface area contributed by atoms with Gasteiger partial charge in [-0.2, -0.15) is 0 Å². The van der Waals surface area contributed by atoms with Gasteiger partial charge in [0.25, 0.3) is 11.8 Å². The molecule has 9 heteroatoms. The topological polar surface area (TPSA) is 97.5 Å². The molecular formula is C17H23ClN4O3S. The largest absolute Gasteiger partial charge is 0.492 e. The van der Waals surface area contributed by atoms with E-state index in [0.29, 0.717) is 42.3 Å². The molecule has 0 saturated heterocycles. The summed E-state index contributed by atoms with van der Waals surface area (Å²) in [6.07, 6.45) is 0.642. The molecule has 142 valence electrons. The van der Waals surface area contributed by atoms with Gasteiger partial charge >= 0.3 is 0 Å². The minimum Gasteiger partial charge on any atom is -0.492 e. The van der Waals surface area contributed by atoms with Gasteiger partial charge in [-0.25, -0.2) is 4.98 Å². The van der Waals surface area contributed by atoms with E-state index in [4.69, 9.17) is 10.5 Å². The van der Waals surface area contributed by atoms with Crippen LogP contribution in [0.3, 0.4) is 0 Å². The Labute approximate surface area is 163 Å². The number of carbonyl (C=O) groups is 2. The molecule has 0 unspecified atom stereocenters. The third-order valence-corrected chi connectivity index (χ3v) is 4.23. The second-order valence-electron chi connectivity index (χ2n) is 5.46. The lowest BCUT2D eigenvalue weighted by molar-refractivity contribution is 0.0827. The van der Waals surface area contributed by atoms with Crippen molar-refractivity contribution in [2.24, 2.45) is 5.73 Å². The van der Waals surface area contributed by atoms with Crippen molar-refractivity contribution in [3.8, 4) is 5.75 Å². The number of hydrogen-bond acceptors (Lipinski definition) is 6. The third-order valence-electron chi connectivity index (χ3n) is 3.33. The summed E-state index contributed by atoms with van der Waals surface area (Å²) in [7, 11) is 3.36. The van der Waals surface area contributed by atoms with Crippen LogP contribution in [0.1, 0.15) is 32.8 Å². The van der Waals surface area contributed by atoms with Crippen LogP contribution in [0.2, 0.25) is 0 Å². The number of ether oxygens (including phenoxy) is 1. The number of rotatable bonds is 7. The van der Waals surface area contributed by atoms with E-state index in [1.807, 2.05) is 6.92 Å². The lowest BCUT2D eigenvalue weighted by atomic mass is 10.1. The van der Waals surface area contributed by atoms with Crippen molar-refractivity contribution in [3.63, 3.8) is 0 Å². The minimum absolute atomic E-state index is 0. The van der Waals surface area contributed by atoms with Gasteiger partial charge in [0, 0.05) is 31.5 Å². The van der Waals surface area contributed by atoms with Gasteiger partial charge in [0.2, 0.25) is 0 Å². The van der Waals surface area contributed by atoms with E-state index >= 15 is 0 Å². The smallest absolute Gasteiger partial charge is 0.275 e. The van der Waals surface area contributed by atoms with Crippen LogP contribution in [0, 0.1) is 0 Å². The molecule has 0 saturated carbocycles. The standard InChI is InChI=1S/C17H22N4O3S.ClH/c1-4-24-14-9-11(17(23)21(2)3)5-6-12(14)20-16(22)13-10-25-15(19-13)7-8-18;/h5-6,9-10H,4,7-8,18H2,1-3H3,(H,20,22);1H. The first-order chi connectivity index (χ1) is 12.0. The summed E-state index contributed by atoms with van der Waals surface area (Å²) in [5.41, 5.74) is 6.83. The molecule has 7 nitrogen and oxygen atoms in total. The van der Waals surface area contributed by atoms with E-state index in [1.165, 1.54) is 16.2 Å². The average Bonchev–Trinajstić information content (AvgIpc) is 3.05. The van der Waals surface area contributed by atoms with Crippen molar-refractivity contribution in [3.05, 3.63) is 39.8 Å². The predicted octanol–water partition coefficient (Wildman–Crippen LogP) is 2.42. The van der Waals surface area contributed by atoms with Crippen LogP contribution in [-0.4, -0.2) is 48.9 Å². The van der Waals surface area contributed by atoms with Crippen LogP contribution in [0.15, 0.2) is 23.6 Å². The minimum atomic E-state index is -0.327. The Kier molecular flexibility index (Phi) is 8.50.